The highest BCUT2D eigenvalue weighted by Gasteiger charge is 2.30. The second-order valence-electron chi connectivity index (χ2n) is 10.1. The molecule has 9 nitrogen and oxygen atoms in total. The molecule has 2 aromatic rings. The minimum Gasteiger partial charge on any atom is -0.379 e. The number of rotatable bonds is 5. The van der Waals surface area contributed by atoms with Gasteiger partial charge in [-0.3, -0.25) is 0 Å². The van der Waals surface area contributed by atoms with E-state index in [9.17, 15) is 16.8 Å². The Morgan fingerprint density at radius 1 is 0.757 bits per heavy atom. The average molecular weight is 567 g/mol. The van der Waals surface area contributed by atoms with Crippen LogP contribution in [-0.4, -0.2) is 87.9 Å². The summed E-state index contributed by atoms with van der Waals surface area (Å²) in [7, 11) is -7.15. The monoisotopic (exact) mass is 566 g/mol. The third-order valence-electron chi connectivity index (χ3n) is 6.60. The zero-order valence-corrected chi connectivity index (χ0v) is 23.8. The van der Waals surface area contributed by atoms with Crippen molar-refractivity contribution in [2.75, 3.05) is 57.8 Å². The molecule has 0 aliphatic carbocycles. The van der Waals surface area contributed by atoms with Crippen LogP contribution in [0.3, 0.4) is 0 Å². The van der Waals surface area contributed by atoms with Crippen LogP contribution in [0.5, 0.6) is 0 Å². The summed E-state index contributed by atoms with van der Waals surface area (Å²) >= 11 is 5.55. The van der Waals surface area contributed by atoms with E-state index in [0.29, 0.717) is 68.2 Å². The fourth-order valence-electron chi connectivity index (χ4n) is 4.26. The van der Waals surface area contributed by atoms with Gasteiger partial charge < -0.3 is 15.0 Å². The first-order chi connectivity index (χ1) is 17.4. The second-order valence-corrected chi connectivity index (χ2v) is 14.4. The van der Waals surface area contributed by atoms with E-state index in [-0.39, 0.29) is 10.3 Å². The van der Waals surface area contributed by atoms with Gasteiger partial charge >= 0.3 is 0 Å². The Morgan fingerprint density at radius 3 is 1.70 bits per heavy atom. The minimum absolute atomic E-state index is 0.0477. The number of piperazine rings is 1. The van der Waals surface area contributed by atoms with Gasteiger partial charge in [-0.2, -0.15) is 8.61 Å². The highest BCUT2D eigenvalue weighted by molar-refractivity contribution is 7.89. The summed E-state index contributed by atoms with van der Waals surface area (Å²) in [4.78, 5) is 2.43. The molecular weight excluding hydrogens is 532 g/mol. The van der Waals surface area contributed by atoms with E-state index in [1.54, 1.807) is 36.4 Å². The van der Waals surface area contributed by atoms with Crippen molar-refractivity contribution in [2.45, 2.75) is 36.0 Å². The lowest BCUT2D eigenvalue weighted by Gasteiger charge is -2.35. The van der Waals surface area contributed by atoms with Crippen molar-refractivity contribution in [1.29, 1.82) is 0 Å². The van der Waals surface area contributed by atoms with Crippen LogP contribution in [0.25, 0.3) is 0 Å². The summed E-state index contributed by atoms with van der Waals surface area (Å²) in [6.45, 7) is 9.30. The highest BCUT2D eigenvalue weighted by atomic mass is 32.2. The van der Waals surface area contributed by atoms with Gasteiger partial charge in [-0.05, 0) is 59.6 Å². The maximum atomic E-state index is 13.1. The Labute approximate surface area is 225 Å². The lowest BCUT2D eigenvalue weighted by atomic mass is 9.87. The molecule has 0 atom stereocenters. The fraction of sp³-hybridized carbons (Fsp3) is 0.480. The lowest BCUT2D eigenvalue weighted by molar-refractivity contribution is 0.0730. The third-order valence-corrected chi connectivity index (χ3v) is 10.8. The number of ether oxygens (including phenoxy) is 1. The summed E-state index contributed by atoms with van der Waals surface area (Å²) in [5, 5.41) is 3.60. The first-order valence-electron chi connectivity index (χ1n) is 12.2. The molecular formula is C25H34N4O5S3. The molecule has 1 N–H and O–H groups in total. The Morgan fingerprint density at radius 2 is 1.22 bits per heavy atom. The predicted octanol–water partition coefficient (Wildman–Crippen LogP) is 2.71. The first-order valence-corrected chi connectivity index (χ1v) is 15.5. The molecule has 202 valence electrons. The van der Waals surface area contributed by atoms with Crippen molar-refractivity contribution in [2.24, 2.45) is 0 Å². The summed E-state index contributed by atoms with van der Waals surface area (Å²) in [6.07, 6.45) is 0. The molecule has 2 saturated heterocycles. The molecule has 0 spiro atoms. The third kappa shape index (κ3) is 6.32. The Hall–Kier alpha value is -2.09. The molecule has 2 aliphatic rings. The normalized spacial score (nSPS) is 18.5. The molecule has 2 heterocycles. The van der Waals surface area contributed by atoms with Crippen LogP contribution in [0, 0.1) is 0 Å². The van der Waals surface area contributed by atoms with Crippen molar-refractivity contribution in [1.82, 2.24) is 13.5 Å². The van der Waals surface area contributed by atoms with Gasteiger partial charge in [-0.15, -0.1) is 0 Å². The van der Waals surface area contributed by atoms with Gasteiger partial charge in [-0.25, -0.2) is 16.8 Å². The van der Waals surface area contributed by atoms with Gasteiger partial charge in [0.1, 0.15) is 0 Å². The van der Waals surface area contributed by atoms with Gasteiger partial charge in [-0.1, -0.05) is 32.9 Å². The zero-order valence-electron chi connectivity index (χ0n) is 21.4. The molecule has 0 aromatic heterocycles. The van der Waals surface area contributed by atoms with Crippen LogP contribution in [0.4, 0.5) is 5.69 Å². The number of nitrogens with zero attached hydrogens (tertiary/aromatic N) is 3. The number of anilines is 1. The van der Waals surface area contributed by atoms with E-state index in [0.717, 1.165) is 5.56 Å². The van der Waals surface area contributed by atoms with Crippen LogP contribution in [0.15, 0.2) is 58.3 Å². The van der Waals surface area contributed by atoms with Crippen molar-refractivity contribution in [3.63, 3.8) is 0 Å². The van der Waals surface area contributed by atoms with Gasteiger partial charge in [0.25, 0.3) is 0 Å². The molecule has 37 heavy (non-hydrogen) atoms. The molecule has 0 bridgehead atoms. The molecule has 2 aliphatic heterocycles. The van der Waals surface area contributed by atoms with Crippen LogP contribution >= 0.6 is 12.2 Å². The van der Waals surface area contributed by atoms with Crippen molar-refractivity contribution >= 4 is 43.1 Å². The SMILES string of the molecule is CC(C)(C)c1ccc(S(=O)(=O)N2CCN(C(=S)Nc3ccc(S(=O)(=O)N4CCOCC4)cc3)CC2)cc1. The topological polar surface area (TPSA) is 99.3 Å². The maximum absolute atomic E-state index is 13.1. The molecule has 0 amide bonds. The van der Waals surface area contributed by atoms with Crippen LogP contribution < -0.4 is 5.32 Å². The van der Waals surface area contributed by atoms with Crippen molar-refractivity contribution in [3.05, 3.63) is 54.1 Å². The van der Waals surface area contributed by atoms with E-state index >= 15 is 0 Å². The van der Waals surface area contributed by atoms with Gasteiger partial charge in [0.05, 0.1) is 23.0 Å². The number of thiocarbonyl (C=S) groups is 1. The number of sulfonamides is 2. The number of hydrogen-bond donors (Lipinski definition) is 1. The van der Waals surface area contributed by atoms with Gasteiger partial charge in [0.2, 0.25) is 20.0 Å². The van der Waals surface area contributed by atoms with Crippen molar-refractivity contribution in [3.8, 4) is 0 Å². The maximum Gasteiger partial charge on any atom is 0.243 e. The first kappa shape index (κ1) is 27.9. The molecule has 0 radical (unpaired) electrons. The Kier molecular flexibility index (Phi) is 8.27. The summed E-state index contributed by atoms with van der Waals surface area (Å²) in [6, 6.07) is 13.6. The van der Waals surface area contributed by atoms with Gasteiger partial charge in [0.15, 0.2) is 5.11 Å². The molecule has 0 unspecified atom stereocenters. The molecule has 2 fully saturated rings. The molecule has 12 heteroatoms. The summed E-state index contributed by atoms with van der Waals surface area (Å²) in [5.74, 6) is 0. The highest BCUT2D eigenvalue weighted by Crippen LogP contribution is 2.25. The Bertz CT molecular complexity index is 1310. The van der Waals surface area contributed by atoms with E-state index < -0.39 is 20.0 Å². The Balaban J connectivity index is 1.33. The van der Waals surface area contributed by atoms with E-state index in [1.165, 1.54) is 8.61 Å². The van der Waals surface area contributed by atoms with Gasteiger partial charge in [0, 0.05) is 45.0 Å². The van der Waals surface area contributed by atoms with E-state index in [4.69, 9.17) is 17.0 Å². The van der Waals surface area contributed by atoms with Crippen LogP contribution in [0.1, 0.15) is 26.3 Å². The summed E-state index contributed by atoms with van der Waals surface area (Å²) in [5.41, 5.74) is 1.70. The van der Waals surface area contributed by atoms with Crippen molar-refractivity contribution < 1.29 is 21.6 Å². The summed E-state index contributed by atoms with van der Waals surface area (Å²) < 4.78 is 60.1. The second kappa shape index (κ2) is 11.0. The van der Waals surface area contributed by atoms with E-state index in [2.05, 4.69) is 26.1 Å². The number of nitrogens with one attached hydrogen (secondary N) is 1. The fourth-order valence-corrected chi connectivity index (χ4v) is 7.39. The van der Waals surface area contributed by atoms with E-state index in [1.807, 2.05) is 17.0 Å². The number of benzene rings is 2. The van der Waals surface area contributed by atoms with Crippen LogP contribution in [0.2, 0.25) is 0 Å². The predicted molar refractivity (Wildman–Crippen MR) is 148 cm³/mol. The number of hydrogen-bond acceptors (Lipinski definition) is 6. The molecule has 4 rings (SSSR count). The zero-order chi connectivity index (χ0) is 26.8. The average Bonchev–Trinajstić information content (AvgIpc) is 2.89. The standard InChI is InChI=1S/C25H34N4O5S3/c1-25(2,3)20-4-8-22(9-5-20)36(30,31)28-14-12-27(13-15-28)24(35)26-21-6-10-23(11-7-21)37(32,33)29-16-18-34-19-17-29/h4-11H,12-19H2,1-3H3,(H,26,35). The molecule has 0 saturated carbocycles. The van der Waals surface area contributed by atoms with Crippen LogP contribution in [-0.2, 0) is 30.2 Å². The number of morpholine rings is 1. The lowest BCUT2D eigenvalue weighted by Crippen LogP contribution is -2.51. The quantitative estimate of drug-likeness (QED) is 0.552. The smallest absolute Gasteiger partial charge is 0.243 e. The largest absolute Gasteiger partial charge is 0.379 e. The minimum atomic E-state index is -3.59. The molecule has 2 aromatic carbocycles.